The van der Waals surface area contributed by atoms with Gasteiger partial charge in [-0.05, 0) is 34.7 Å². The zero-order chi connectivity index (χ0) is 16.2. The third-order valence-electron chi connectivity index (χ3n) is 3.87. The lowest BCUT2D eigenvalue weighted by Crippen LogP contribution is -2.00. The maximum absolute atomic E-state index is 9.51. The van der Waals surface area contributed by atoms with Gasteiger partial charge in [0.05, 0.1) is 12.2 Å². The lowest BCUT2D eigenvalue weighted by molar-refractivity contribution is 0.474. The Bertz CT molecular complexity index is 775. The van der Waals surface area contributed by atoms with E-state index in [1.807, 2.05) is 23.0 Å². The molecule has 0 bridgehead atoms. The van der Waals surface area contributed by atoms with E-state index in [0.29, 0.717) is 18.9 Å². The number of hydrogen-bond donors (Lipinski definition) is 1. The largest absolute Gasteiger partial charge is 0.508 e. The van der Waals surface area contributed by atoms with E-state index < -0.39 is 0 Å². The van der Waals surface area contributed by atoms with Crippen molar-refractivity contribution < 1.29 is 5.11 Å². The molecule has 0 saturated heterocycles. The molecule has 2 aromatic carbocycles. The molecule has 1 aromatic heterocycles. The first kappa shape index (κ1) is 15.3. The van der Waals surface area contributed by atoms with Crippen molar-refractivity contribution in [2.75, 3.05) is 0 Å². The molecule has 0 saturated carbocycles. The molecule has 0 aliphatic rings. The summed E-state index contributed by atoms with van der Waals surface area (Å²) in [6, 6.07) is 15.9. The molecule has 0 aliphatic heterocycles. The molecule has 3 rings (SSSR count). The van der Waals surface area contributed by atoms with E-state index in [1.165, 1.54) is 11.1 Å². The molecule has 0 unspecified atom stereocenters. The van der Waals surface area contributed by atoms with Crippen LogP contribution >= 0.6 is 0 Å². The van der Waals surface area contributed by atoms with Crippen molar-refractivity contribution in [3.05, 3.63) is 77.1 Å². The summed E-state index contributed by atoms with van der Waals surface area (Å²) in [7, 11) is 0. The van der Waals surface area contributed by atoms with E-state index in [4.69, 9.17) is 0 Å². The minimum Gasteiger partial charge on any atom is -0.508 e. The molecule has 0 amide bonds. The quantitative estimate of drug-likeness (QED) is 0.781. The topological polar surface area (TPSA) is 50.9 Å². The number of aromatic hydroxyl groups is 1. The van der Waals surface area contributed by atoms with Crippen molar-refractivity contribution in [1.82, 2.24) is 15.0 Å². The Balaban J connectivity index is 1.67. The van der Waals surface area contributed by atoms with Crippen LogP contribution in [0.15, 0.2) is 54.7 Å². The van der Waals surface area contributed by atoms with Crippen molar-refractivity contribution in [1.29, 1.82) is 0 Å². The molecular formula is C19H21N3O. The van der Waals surface area contributed by atoms with E-state index >= 15 is 0 Å². The molecule has 118 valence electrons. The third kappa shape index (κ3) is 3.97. The molecule has 3 aromatic rings. The molecule has 1 heterocycles. The van der Waals surface area contributed by atoms with E-state index in [1.54, 1.807) is 12.1 Å². The van der Waals surface area contributed by atoms with Gasteiger partial charge >= 0.3 is 0 Å². The molecule has 0 atom stereocenters. The van der Waals surface area contributed by atoms with Crippen LogP contribution in [0.5, 0.6) is 5.75 Å². The number of aromatic nitrogens is 3. The van der Waals surface area contributed by atoms with Crippen molar-refractivity contribution in [2.24, 2.45) is 0 Å². The zero-order valence-corrected chi connectivity index (χ0v) is 13.5. The summed E-state index contributed by atoms with van der Waals surface area (Å²) in [5.74, 6) is 0.824. The second-order valence-corrected chi connectivity index (χ2v) is 6.15. The summed E-state index contributed by atoms with van der Waals surface area (Å²) in [6.07, 6.45) is 2.63. The monoisotopic (exact) mass is 307 g/mol. The minimum absolute atomic E-state index is 0.278. The highest BCUT2D eigenvalue weighted by molar-refractivity contribution is 5.29. The van der Waals surface area contributed by atoms with Crippen LogP contribution in [-0.2, 0) is 13.0 Å². The highest BCUT2D eigenvalue weighted by Gasteiger charge is 2.05. The molecule has 0 radical (unpaired) electrons. The van der Waals surface area contributed by atoms with Gasteiger partial charge in [-0.2, -0.15) is 0 Å². The minimum atomic E-state index is 0.278. The van der Waals surface area contributed by atoms with Crippen molar-refractivity contribution in [2.45, 2.75) is 32.7 Å². The number of benzene rings is 2. The average Bonchev–Trinajstić information content (AvgIpc) is 2.95. The van der Waals surface area contributed by atoms with Gasteiger partial charge in [-0.15, -0.1) is 5.10 Å². The molecular weight excluding hydrogens is 286 g/mol. The lowest BCUT2D eigenvalue weighted by Gasteiger charge is -2.06. The van der Waals surface area contributed by atoms with E-state index in [9.17, 15) is 5.11 Å². The number of rotatable bonds is 5. The van der Waals surface area contributed by atoms with Gasteiger partial charge in [0.1, 0.15) is 5.75 Å². The fraction of sp³-hybridized carbons (Fsp3) is 0.263. The van der Waals surface area contributed by atoms with Gasteiger partial charge in [-0.25, -0.2) is 4.68 Å². The van der Waals surface area contributed by atoms with Crippen molar-refractivity contribution in [3.8, 4) is 5.75 Å². The Morgan fingerprint density at radius 3 is 2.52 bits per heavy atom. The Kier molecular flexibility index (Phi) is 4.42. The van der Waals surface area contributed by atoms with E-state index in [-0.39, 0.29) is 5.75 Å². The average molecular weight is 307 g/mol. The number of phenolic OH excluding ortho intramolecular Hbond substituents is 1. The van der Waals surface area contributed by atoms with E-state index in [2.05, 4.69) is 48.4 Å². The van der Waals surface area contributed by atoms with Crippen molar-refractivity contribution in [3.63, 3.8) is 0 Å². The first-order valence-electron chi connectivity index (χ1n) is 7.86. The summed E-state index contributed by atoms with van der Waals surface area (Å²) in [5, 5.41) is 17.9. The van der Waals surface area contributed by atoms with Crippen LogP contribution in [-0.4, -0.2) is 20.1 Å². The highest BCUT2D eigenvalue weighted by atomic mass is 16.3. The second-order valence-electron chi connectivity index (χ2n) is 6.15. The SMILES string of the molecule is CC(C)c1ccc(Cn2cc(Cc3cccc(O)c3)nn2)cc1. The van der Waals surface area contributed by atoms with Crippen LogP contribution in [0.1, 0.15) is 42.1 Å². The van der Waals surface area contributed by atoms with Crippen LogP contribution in [0.2, 0.25) is 0 Å². The summed E-state index contributed by atoms with van der Waals surface area (Å²) < 4.78 is 1.85. The van der Waals surface area contributed by atoms with Gasteiger partial charge in [-0.1, -0.05) is 55.5 Å². The number of hydrogen-bond acceptors (Lipinski definition) is 3. The molecule has 4 nitrogen and oxygen atoms in total. The Hall–Kier alpha value is -2.62. The molecule has 0 fully saturated rings. The van der Waals surface area contributed by atoms with Crippen LogP contribution in [0.4, 0.5) is 0 Å². The molecule has 4 heteroatoms. The predicted octanol–water partition coefficient (Wildman–Crippen LogP) is 3.75. The van der Waals surface area contributed by atoms with Gasteiger partial charge in [0.25, 0.3) is 0 Å². The summed E-state index contributed by atoms with van der Waals surface area (Å²) >= 11 is 0. The Morgan fingerprint density at radius 1 is 1.04 bits per heavy atom. The summed E-state index contributed by atoms with van der Waals surface area (Å²) in [5.41, 5.74) is 4.48. The molecule has 1 N–H and O–H groups in total. The Morgan fingerprint density at radius 2 is 1.83 bits per heavy atom. The van der Waals surface area contributed by atoms with Crippen LogP contribution in [0, 0.1) is 0 Å². The normalized spacial score (nSPS) is 11.1. The molecule has 23 heavy (non-hydrogen) atoms. The summed E-state index contributed by atoms with van der Waals surface area (Å²) in [6.45, 7) is 5.10. The van der Waals surface area contributed by atoms with Crippen molar-refractivity contribution >= 4 is 0 Å². The number of nitrogens with zero attached hydrogens (tertiary/aromatic N) is 3. The van der Waals surface area contributed by atoms with Gasteiger partial charge in [0.15, 0.2) is 0 Å². The van der Waals surface area contributed by atoms with E-state index in [0.717, 1.165) is 11.3 Å². The molecule has 0 aliphatic carbocycles. The standard InChI is InChI=1S/C19H21N3O/c1-14(2)17-8-6-15(7-9-17)12-22-13-18(20-21-22)10-16-4-3-5-19(23)11-16/h3-9,11,13-14,23H,10,12H2,1-2H3. The van der Waals surface area contributed by atoms with Gasteiger partial charge < -0.3 is 5.11 Å². The van der Waals surface area contributed by atoms with Crippen LogP contribution in [0.25, 0.3) is 0 Å². The Labute approximate surface area is 136 Å². The first-order valence-corrected chi connectivity index (χ1v) is 7.86. The highest BCUT2D eigenvalue weighted by Crippen LogP contribution is 2.16. The fourth-order valence-corrected chi connectivity index (χ4v) is 2.57. The first-order chi connectivity index (χ1) is 11.1. The lowest BCUT2D eigenvalue weighted by atomic mass is 10.0. The fourth-order valence-electron chi connectivity index (χ4n) is 2.57. The zero-order valence-electron chi connectivity index (χ0n) is 13.5. The smallest absolute Gasteiger partial charge is 0.115 e. The molecule has 0 spiro atoms. The van der Waals surface area contributed by atoms with Crippen LogP contribution in [0.3, 0.4) is 0 Å². The number of phenols is 1. The maximum Gasteiger partial charge on any atom is 0.115 e. The van der Waals surface area contributed by atoms with Gasteiger partial charge in [0.2, 0.25) is 0 Å². The third-order valence-corrected chi connectivity index (χ3v) is 3.87. The van der Waals surface area contributed by atoms with Crippen LogP contribution < -0.4 is 0 Å². The second kappa shape index (κ2) is 6.65. The predicted molar refractivity (Wildman–Crippen MR) is 90.6 cm³/mol. The van der Waals surface area contributed by atoms with Gasteiger partial charge in [0, 0.05) is 12.6 Å². The van der Waals surface area contributed by atoms with Gasteiger partial charge in [-0.3, -0.25) is 0 Å². The maximum atomic E-state index is 9.51. The summed E-state index contributed by atoms with van der Waals surface area (Å²) in [4.78, 5) is 0.